The number of pyridine rings is 1. The van der Waals surface area contributed by atoms with Crippen LogP contribution in [0.25, 0.3) is 10.8 Å². The average Bonchev–Trinajstić information content (AvgIpc) is 2.84. The molecule has 18 heavy (non-hydrogen) atoms. The van der Waals surface area contributed by atoms with Gasteiger partial charge in [0, 0.05) is 22.7 Å². The van der Waals surface area contributed by atoms with Gasteiger partial charge >= 0.3 is 0 Å². The molecule has 1 N–H and O–H groups in total. The third-order valence-electron chi connectivity index (χ3n) is 2.87. The van der Waals surface area contributed by atoms with E-state index in [-0.39, 0.29) is 0 Å². The summed E-state index contributed by atoms with van der Waals surface area (Å²) in [5.74, 6) is 0. The van der Waals surface area contributed by atoms with E-state index in [9.17, 15) is 5.11 Å². The zero-order chi connectivity index (χ0) is 12.5. The van der Waals surface area contributed by atoms with Gasteiger partial charge in [-0.15, -0.1) is 11.3 Å². The lowest BCUT2D eigenvalue weighted by molar-refractivity contribution is 0.226. The lowest BCUT2D eigenvalue weighted by Crippen LogP contribution is -1.98. The number of hydrogen-bond donors (Lipinski definition) is 1. The number of benzene rings is 1. The van der Waals surface area contributed by atoms with E-state index < -0.39 is 6.10 Å². The second kappa shape index (κ2) is 4.69. The van der Waals surface area contributed by atoms with Gasteiger partial charge in [-0.05, 0) is 29.1 Å². The highest BCUT2D eigenvalue weighted by Gasteiger charge is 2.15. The second-order valence-electron chi connectivity index (χ2n) is 3.99. The van der Waals surface area contributed by atoms with Crippen molar-refractivity contribution < 1.29 is 5.11 Å². The van der Waals surface area contributed by atoms with Gasteiger partial charge in [0.15, 0.2) is 0 Å². The number of aliphatic hydroxyl groups is 1. The Morgan fingerprint density at radius 2 is 2.06 bits per heavy atom. The third-order valence-corrected chi connectivity index (χ3v) is 4.16. The first-order chi connectivity index (χ1) is 8.75. The van der Waals surface area contributed by atoms with E-state index in [1.54, 1.807) is 18.5 Å². The minimum absolute atomic E-state index is 0.645. The van der Waals surface area contributed by atoms with E-state index in [4.69, 9.17) is 11.6 Å². The van der Waals surface area contributed by atoms with Crippen LogP contribution in [0.1, 0.15) is 16.5 Å². The lowest BCUT2D eigenvalue weighted by Gasteiger charge is -2.11. The van der Waals surface area contributed by atoms with Gasteiger partial charge in [0.25, 0.3) is 0 Å². The van der Waals surface area contributed by atoms with Gasteiger partial charge in [0.2, 0.25) is 0 Å². The molecule has 2 heterocycles. The van der Waals surface area contributed by atoms with Crippen LogP contribution in [0.15, 0.2) is 48.8 Å². The highest BCUT2D eigenvalue weighted by molar-refractivity contribution is 7.16. The molecule has 0 aliphatic carbocycles. The van der Waals surface area contributed by atoms with Gasteiger partial charge in [-0.25, -0.2) is 0 Å². The number of rotatable bonds is 2. The summed E-state index contributed by atoms with van der Waals surface area (Å²) in [6.07, 6.45) is 2.89. The summed E-state index contributed by atoms with van der Waals surface area (Å²) >= 11 is 7.31. The predicted octanol–water partition coefficient (Wildman–Crippen LogP) is 4.03. The maximum absolute atomic E-state index is 10.4. The van der Waals surface area contributed by atoms with Crippen LogP contribution in [0, 0.1) is 0 Å². The van der Waals surface area contributed by atoms with Gasteiger partial charge in [-0.1, -0.05) is 29.8 Å². The van der Waals surface area contributed by atoms with Crippen molar-refractivity contribution in [2.24, 2.45) is 0 Å². The monoisotopic (exact) mass is 275 g/mol. The second-order valence-corrected chi connectivity index (χ2v) is 5.74. The molecule has 90 valence electrons. The topological polar surface area (TPSA) is 33.1 Å². The van der Waals surface area contributed by atoms with Gasteiger partial charge in [-0.2, -0.15) is 0 Å². The summed E-state index contributed by atoms with van der Waals surface area (Å²) in [5, 5.41) is 12.5. The zero-order valence-electron chi connectivity index (χ0n) is 9.38. The first kappa shape index (κ1) is 11.7. The fraction of sp³-hybridized carbons (Fsp3) is 0.0714. The smallest absolute Gasteiger partial charge is 0.114 e. The standard InChI is InChI=1S/C14H10ClNOS/c15-13-5-4-12(18-13)14(17)11-3-1-2-9-8-16-7-6-10(9)11/h1-8,14,17H. The highest BCUT2D eigenvalue weighted by Crippen LogP contribution is 2.33. The molecule has 0 spiro atoms. The van der Waals surface area contributed by atoms with Crippen LogP contribution in [-0.2, 0) is 0 Å². The Balaban J connectivity index is 2.14. The molecule has 1 unspecified atom stereocenters. The number of hydrogen-bond acceptors (Lipinski definition) is 3. The number of aromatic nitrogens is 1. The van der Waals surface area contributed by atoms with Crippen LogP contribution in [0.2, 0.25) is 4.34 Å². The van der Waals surface area contributed by atoms with Crippen molar-refractivity contribution in [3.63, 3.8) is 0 Å². The third kappa shape index (κ3) is 2.01. The van der Waals surface area contributed by atoms with Crippen LogP contribution in [-0.4, -0.2) is 10.1 Å². The molecule has 0 fully saturated rings. The number of halogens is 1. The fourth-order valence-electron chi connectivity index (χ4n) is 2.01. The van der Waals surface area contributed by atoms with Crippen LogP contribution in [0.4, 0.5) is 0 Å². The van der Waals surface area contributed by atoms with E-state index in [0.717, 1.165) is 21.2 Å². The Bertz CT molecular complexity index is 690. The number of fused-ring (bicyclic) bond motifs is 1. The maximum atomic E-state index is 10.4. The molecule has 0 radical (unpaired) electrons. The first-order valence-corrected chi connectivity index (χ1v) is 6.71. The van der Waals surface area contributed by atoms with Crippen LogP contribution >= 0.6 is 22.9 Å². The molecule has 0 saturated heterocycles. The molecule has 3 rings (SSSR count). The molecule has 2 aromatic heterocycles. The Morgan fingerprint density at radius 1 is 1.17 bits per heavy atom. The zero-order valence-corrected chi connectivity index (χ0v) is 10.9. The van der Waals surface area contributed by atoms with Crippen molar-refractivity contribution >= 4 is 33.7 Å². The van der Waals surface area contributed by atoms with E-state index in [1.807, 2.05) is 30.3 Å². The summed E-state index contributed by atoms with van der Waals surface area (Å²) in [4.78, 5) is 4.94. The Labute approximate surface area is 113 Å². The van der Waals surface area contributed by atoms with Gasteiger partial charge in [0.1, 0.15) is 6.10 Å². The first-order valence-electron chi connectivity index (χ1n) is 5.51. The number of nitrogens with zero attached hydrogens (tertiary/aromatic N) is 1. The summed E-state index contributed by atoms with van der Waals surface area (Å²) in [5.41, 5.74) is 0.883. The Kier molecular flexibility index (Phi) is 3.04. The van der Waals surface area contributed by atoms with Gasteiger partial charge < -0.3 is 5.11 Å². The Morgan fingerprint density at radius 3 is 2.83 bits per heavy atom. The molecular weight excluding hydrogens is 266 g/mol. The molecule has 0 saturated carbocycles. The minimum Gasteiger partial charge on any atom is -0.383 e. The predicted molar refractivity (Wildman–Crippen MR) is 75.1 cm³/mol. The SMILES string of the molecule is OC(c1ccc(Cl)s1)c1cccc2cnccc12. The highest BCUT2D eigenvalue weighted by atomic mass is 35.5. The quantitative estimate of drug-likeness (QED) is 0.766. The number of thiophene rings is 1. The molecule has 0 bridgehead atoms. The van der Waals surface area contributed by atoms with Gasteiger partial charge in [-0.3, -0.25) is 4.98 Å². The minimum atomic E-state index is -0.645. The molecule has 1 atom stereocenters. The van der Waals surface area contributed by atoms with Crippen LogP contribution in [0.3, 0.4) is 0 Å². The number of aliphatic hydroxyl groups excluding tert-OH is 1. The fourth-order valence-corrected chi connectivity index (χ4v) is 3.08. The summed E-state index contributed by atoms with van der Waals surface area (Å²) in [7, 11) is 0. The Hall–Kier alpha value is -1.42. The summed E-state index contributed by atoms with van der Waals surface area (Å²) < 4.78 is 0.686. The molecule has 2 nitrogen and oxygen atoms in total. The molecule has 0 aliphatic heterocycles. The lowest BCUT2D eigenvalue weighted by atomic mass is 10.0. The largest absolute Gasteiger partial charge is 0.383 e. The summed E-state index contributed by atoms with van der Waals surface area (Å²) in [6, 6.07) is 11.4. The van der Waals surface area contributed by atoms with Crippen LogP contribution < -0.4 is 0 Å². The molecular formula is C14H10ClNOS. The van der Waals surface area contributed by atoms with Crippen LogP contribution in [0.5, 0.6) is 0 Å². The average molecular weight is 276 g/mol. The molecule has 3 aromatic rings. The van der Waals surface area contributed by atoms with Crippen molar-refractivity contribution in [1.29, 1.82) is 0 Å². The summed E-state index contributed by atoms with van der Waals surface area (Å²) in [6.45, 7) is 0. The van der Waals surface area contributed by atoms with E-state index >= 15 is 0 Å². The van der Waals surface area contributed by atoms with E-state index in [1.165, 1.54) is 11.3 Å². The molecule has 1 aromatic carbocycles. The molecule has 0 aliphatic rings. The molecule has 4 heteroatoms. The van der Waals surface area contributed by atoms with Crippen molar-refractivity contribution in [2.45, 2.75) is 6.10 Å². The van der Waals surface area contributed by atoms with E-state index in [2.05, 4.69) is 4.98 Å². The van der Waals surface area contributed by atoms with Crippen molar-refractivity contribution in [3.05, 3.63) is 63.6 Å². The normalized spacial score (nSPS) is 12.8. The van der Waals surface area contributed by atoms with Gasteiger partial charge in [0.05, 0.1) is 4.34 Å². The molecule has 0 amide bonds. The maximum Gasteiger partial charge on any atom is 0.114 e. The van der Waals surface area contributed by atoms with Crippen molar-refractivity contribution in [2.75, 3.05) is 0 Å². The van der Waals surface area contributed by atoms with Crippen molar-refractivity contribution in [3.8, 4) is 0 Å². The van der Waals surface area contributed by atoms with E-state index in [0.29, 0.717) is 4.34 Å². The van der Waals surface area contributed by atoms with Crippen molar-refractivity contribution in [1.82, 2.24) is 4.98 Å².